The average molecular weight is 611 g/mol. The Morgan fingerprint density at radius 3 is 1.61 bits per heavy atom. The lowest BCUT2D eigenvalue weighted by molar-refractivity contribution is -0.115. The minimum Gasteiger partial charge on any atom is -0.326 e. The Labute approximate surface area is 239 Å². The van der Waals surface area contributed by atoms with E-state index in [-0.39, 0.29) is 54.2 Å². The highest BCUT2D eigenvalue weighted by molar-refractivity contribution is 8.15. The number of hydrogen-bond donors (Lipinski definition) is 4. The Kier molecular flexibility index (Phi) is 7.23. The highest BCUT2D eigenvalue weighted by Gasteiger charge is 2.34. The van der Waals surface area contributed by atoms with E-state index in [1.807, 2.05) is 0 Å². The largest absolute Gasteiger partial charge is 0.326 e. The maximum atomic E-state index is 13.6. The Hall–Kier alpha value is -4.40. The van der Waals surface area contributed by atoms with Crippen LogP contribution in [0.4, 0.5) is 22.7 Å². The van der Waals surface area contributed by atoms with Crippen LogP contribution in [0.25, 0.3) is 10.8 Å². The zero-order valence-electron chi connectivity index (χ0n) is 21.5. The maximum absolute atomic E-state index is 13.6. The molecule has 5 rings (SSSR count). The molecule has 0 fully saturated rings. The van der Waals surface area contributed by atoms with E-state index in [0.717, 1.165) is 17.8 Å². The summed E-state index contributed by atoms with van der Waals surface area (Å²) in [7, 11) is -8.75. The van der Waals surface area contributed by atoms with Crippen LogP contribution in [-0.2, 0) is 29.6 Å². The lowest BCUT2D eigenvalue weighted by atomic mass is 10.1. The zero-order valence-corrected chi connectivity index (χ0v) is 24.0. The van der Waals surface area contributed by atoms with Crippen molar-refractivity contribution < 1.29 is 31.2 Å². The summed E-state index contributed by atoms with van der Waals surface area (Å²) < 4.78 is 59.4. The van der Waals surface area contributed by atoms with Gasteiger partial charge in [-0.1, -0.05) is 12.1 Å². The molecule has 0 unspecified atom stereocenters. The third-order valence-corrected chi connectivity index (χ3v) is 9.94. The zero-order chi connectivity index (χ0) is 29.5. The van der Waals surface area contributed by atoms with Crippen LogP contribution in [0, 0.1) is 0 Å². The summed E-state index contributed by atoms with van der Waals surface area (Å²) in [4.78, 5) is 34.8. The molecule has 4 N–H and O–H groups in total. The molecule has 0 aliphatic carbocycles. The number of hydrogen-bond acceptors (Lipinski definition) is 8. The molecule has 0 spiro atoms. The Morgan fingerprint density at radius 1 is 0.659 bits per heavy atom. The molecule has 210 valence electrons. The normalized spacial score (nSPS) is 12.7. The van der Waals surface area contributed by atoms with Gasteiger partial charge in [-0.05, 0) is 72.4 Å². The molecule has 0 bridgehead atoms. The molecule has 2 amide bonds. The van der Waals surface area contributed by atoms with Gasteiger partial charge in [0, 0.05) is 57.8 Å². The van der Waals surface area contributed by atoms with Crippen LogP contribution in [0.15, 0.2) is 87.5 Å². The van der Waals surface area contributed by atoms with Crippen molar-refractivity contribution >= 4 is 82.3 Å². The van der Waals surface area contributed by atoms with Gasteiger partial charge in [-0.2, -0.15) is 0 Å². The first-order chi connectivity index (χ1) is 19.3. The van der Waals surface area contributed by atoms with Crippen LogP contribution in [0.1, 0.15) is 24.2 Å². The third kappa shape index (κ3) is 5.75. The number of sulfonamides is 2. The van der Waals surface area contributed by atoms with Crippen LogP contribution in [0.3, 0.4) is 0 Å². The lowest BCUT2D eigenvalue weighted by Gasteiger charge is -2.16. The SMILES string of the molecule is CC(=O)Nc1ccc(NS(=O)(=O)c2cc(S(=O)(=O)Nc3ccc(NC(C)=O)cc3)c3cccc4c3c2SC4=O)cc1. The number of thioether (sulfide) groups is 1. The first kappa shape index (κ1) is 28.1. The summed E-state index contributed by atoms with van der Waals surface area (Å²) in [5, 5.41) is 5.19. The molecule has 0 radical (unpaired) electrons. The first-order valence-electron chi connectivity index (χ1n) is 12.0. The molecule has 41 heavy (non-hydrogen) atoms. The van der Waals surface area contributed by atoms with Gasteiger partial charge in [0.25, 0.3) is 20.0 Å². The summed E-state index contributed by atoms with van der Waals surface area (Å²) in [5.41, 5.74) is 1.46. The van der Waals surface area contributed by atoms with Crippen LogP contribution in [0.5, 0.6) is 0 Å². The maximum Gasteiger partial charge on any atom is 0.263 e. The topological polar surface area (TPSA) is 168 Å². The molecule has 0 aromatic heterocycles. The summed E-state index contributed by atoms with van der Waals surface area (Å²) in [6, 6.07) is 17.4. The Bertz CT molecular complexity index is 1960. The predicted octanol–water partition coefficient (Wildman–Crippen LogP) is 4.60. The summed E-state index contributed by atoms with van der Waals surface area (Å²) >= 11 is 0.717. The number of anilines is 4. The molecule has 4 aromatic carbocycles. The third-order valence-electron chi connectivity index (χ3n) is 5.95. The molecule has 11 nitrogen and oxygen atoms in total. The summed E-state index contributed by atoms with van der Waals surface area (Å²) in [5.74, 6) is -0.578. The molecule has 1 aliphatic heterocycles. The van der Waals surface area contributed by atoms with Gasteiger partial charge < -0.3 is 10.6 Å². The number of carbonyl (C=O) groups is 3. The van der Waals surface area contributed by atoms with Crippen molar-refractivity contribution in [2.45, 2.75) is 28.5 Å². The van der Waals surface area contributed by atoms with Crippen LogP contribution in [-0.4, -0.2) is 33.8 Å². The smallest absolute Gasteiger partial charge is 0.263 e. The van der Waals surface area contributed by atoms with Crippen molar-refractivity contribution in [2.75, 3.05) is 20.1 Å². The van der Waals surface area contributed by atoms with Gasteiger partial charge >= 0.3 is 0 Å². The molecule has 1 heterocycles. The van der Waals surface area contributed by atoms with E-state index in [1.165, 1.54) is 80.6 Å². The number of rotatable bonds is 8. The Balaban J connectivity index is 1.58. The molecule has 0 saturated heterocycles. The predicted molar refractivity (Wildman–Crippen MR) is 157 cm³/mol. The van der Waals surface area contributed by atoms with Crippen LogP contribution in [0.2, 0.25) is 0 Å². The fourth-order valence-electron chi connectivity index (χ4n) is 4.30. The molecule has 0 saturated carbocycles. The quantitative estimate of drug-likeness (QED) is 0.224. The number of nitrogens with one attached hydrogen (secondary N) is 4. The van der Waals surface area contributed by atoms with E-state index in [4.69, 9.17) is 0 Å². The van der Waals surface area contributed by atoms with Gasteiger partial charge in [-0.3, -0.25) is 23.8 Å². The first-order valence-corrected chi connectivity index (χ1v) is 15.8. The van der Waals surface area contributed by atoms with E-state index in [2.05, 4.69) is 20.1 Å². The lowest BCUT2D eigenvalue weighted by Crippen LogP contribution is -2.17. The van der Waals surface area contributed by atoms with Crippen molar-refractivity contribution in [3.05, 3.63) is 78.4 Å². The fourth-order valence-corrected chi connectivity index (χ4v) is 8.24. The average Bonchev–Trinajstić information content (AvgIpc) is 3.22. The minimum atomic E-state index is -4.39. The molecule has 1 aliphatic rings. The van der Waals surface area contributed by atoms with Gasteiger partial charge in [-0.15, -0.1) is 0 Å². The van der Waals surface area contributed by atoms with Crippen molar-refractivity contribution in [1.82, 2.24) is 0 Å². The van der Waals surface area contributed by atoms with E-state index in [9.17, 15) is 31.2 Å². The molecular weight excluding hydrogens is 589 g/mol. The highest BCUT2D eigenvalue weighted by Crippen LogP contribution is 2.46. The van der Waals surface area contributed by atoms with Crippen molar-refractivity contribution in [2.24, 2.45) is 0 Å². The number of carbonyl (C=O) groups excluding carboxylic acids is 3. The van der Waals surface area contributed by atoms with Crippen molar-refractivity contribution in [1.29, 1.82) is 0 Å². The van der Waals surface area contributed by atoms with E-state index in [1.54, 1.807) is 0 Å². The molecule has 4 aromatic rings. The minimum absolute atomic E-state index is 0.126. The van der Waals surface area contributed by atoms with E-state index >= 15 is 0 Å². The number of benzene rings is 4. The van der Waals surface area contributed by atoms with Gasteiger partial charge in [-0.25, -0.2) is 16.8 Å². The number of amides is 2. The Morgan fingerprint density at radius 2 is 1.12 bits per heavy atom. The van der Waals surface area contributed by atoms with Gasteiger partial charge in [0.15, 0.2) is 0 Å². The summed E-state index contributed by atoms with van der Waals surface area (Å²) in [6.07, 6.45) is 0. The van der Waals surface area contributed by atoms with Gasteiger partial charge in [0.1, 0.15) is 4.90 Å². The van der Waals surface area contributed by atoms with Crippen LogP contribution >= 0.6 is 11.8 Å². The van der Waals surface area contributed by atoms with E-state index < -0.39 is 25.2 Å². The molecule has 0 atom stereocenters. The second-order valence-corrected chi connectivity index (χ2v) is 13.3. The van der Waals surface area contributed by atoms with Gasteiger partial charge in [0.2, 0.25) is 16.9 Å². The fraction of sp³-hybridized carbons (Fsp3) is 0.0741. The molecular formula is C27H22N4O7S3. The second kappa shape index (κ2) is 10.5. The van der Waals surface area contributed by atoms with Crippen molar-refractivity contribution in [3.63, 3.8) is 0 Å². The molecule has 14 heteroatoms. The standard InChI is InChI=1S/C27H22N4O7S3/c1-15(32)28-17-6-10-19(11-7-17)30-40(35,36)23-14-24(26-25-21(23)4-3-5-22(25)27(34)39-26)41(37,38)31-20-12-8-18(9-13-20)29-16(2)33/h3-14,30-31H,1-2H3,(H,28,32)(H,29,33). The second-order valence-electron chi connectivity index (χ2n) is 9.05. The van der Waals surface area contributed by atoms with Gasteiger partial charge in [0.05, 0.1) is 4.90 Å². The highest BCUT2D eigenvalue weighted by atomic mass is 32.2. The van der Waals surface area contributed by atoms with Crippen LogP contribution < -0.4 is 20.1 Å². The summed E-state index contributed by atoms with van der Waals surface area (Å²) in [6.45, 7) is 2.69. The monoisotopic (exact) mass is 610 g/mol. The van der Waals surface area contributed by atoms with E-state index in [0.29, 0.717) is 11.4 Å². The van der Waals surface area contributed by atoms with Crippen molar-refractivity contribution in [3.8, 4) is 0 Å².